The fourth-order valence-electron chi connectivity index (χ4n) is 1.36. The third-order valence-corrected chi connectivity index (χ3v) is 2.22. The van der Waals surface area contributed by atoms with Crippen LogP contribution in [0.1, 0.15) is 0 Å². The average Bonchev–Trinajstić information content (AvgIpc) is 2.15. The van der Waals surface area contributed by atoms with E-state index < -0.39 is 11.6 Å². The SMILES string of the molecule is Nc1cnc(-c2cc(F)cc(Cl)c2)c(F)c1. The highest BCUT2D eigenvalue weighted by atomic mass is 35.5. The van der Waals surface area contributed by atoms with Gasteiger partial charge in [-0.1, -0.05) is 11.6 Å². The van der Waals surface area contributed by atoms with Crippen LogP contribution < -0.4 is 5.73 Å². The number of rotatable bonds is 1. The van der Waals surface area contributed by atoms with Gasteiger partial charge in [0, 0.05) is 16.7 Å². The number of nitrogen functional groups attached to an aromatic ring is 1. The molecule has 0 aliphatic rings. The van der Waals surface area contributed by atoms with Gasteiger partial charge in [-0.3, -0.25) is 4.98 Å². The van der Waals surface area contributed by atoms with E-state index in [2.05, 4.69) is 4.98 Å². The van der Waals surface area contributed by atoms with Gasteiger partial charge in [0.15, 0.2) is 5.82 Å². The Labute approximate surface area is 95.7 Å². The standard InChI is InChI=1S/C11H7ClF2N2/c12-7-1-6(2-8(13)3-7)11-10(14)4-9(15)5-16-11/h1-5H,15H2. The highest BCUT2D eigenvalue weighted by Gasteiger charge is 2.09. The molecule has 0 saturated heterocycles. The molecule has 0 saturated carbocycles. The summed E-state index contributed by atoms with van der Waals surface area (Å²) in [4.78, 5) is 3.80. The molecule has 82 valence electrons. The molecule has 0 fully saturated rings. The van der Waals surface area contributed by atoms with Crippen LogP contribution in [0, 0.1) is 11.6 Å². The van der Waals surface area contributed by atoms with E-state index in [4.69, 9.17) is 17.3 Å². The van der Waals surface area contributed by atoms with Gasteiger partial charge >= 0.3 is 0 Å². The monoisotopic (exact) mass is 240 g/mol. The second-order valence-electron chi connectivity index (χ2n) is 3.26. The maximum atomic E-state index is 13.5. The van der Waals surface area contributed by atoms with Crippen LogP contribution in [0.4, 0.5) is 14.5 Å². The Bertz CT molecular complexity index is 523. The maximum absolute atomic E-state index is 13.5. The minimum atomic E-state index is -0.610. The van der Waals surface area contributed by atoms with E-state index in [0.717, 1.165) is 18.2 Å². The lowest BCUT2D eigenvalue weighted by Gasteiger charge is -2.04. The minimum absolute atomic E-state index is 0.0237. The van der Waals surface area contributed by atoms with Gasteiger partial charge in [-0.05, 0) is 18.2 Å². The predicted molar refractivity (Wildman–Crippen MR) is 59.0 cm³/mol. The number of anilines is 1. The first-order valence-electron chi connectivity index (χ1n) is 4.44. The zero-order valence-electron chi connectivity index (χ0n) is 8.05. The van der Waals surface area contributed by atoms with Gasteiger partial charge < -0.3 is 5.73 Å². The Hall–Kier alpha value is -1.68. The molecule has 0 bridgehead atoms. The molecule has 2 rings (SSSR count). The number of aromatic nitrogens is 1. The molecule has 1 aromatic heterocycles. The van der Waals surface area contributed by atoms with Gasteiger partial charge in [0.25, 0.3) is 0 Å². The smallest absolute Gasteiger partial charge is 0.151 e. The molecule has 1 heterocycles. The number of nitrogens with two attached hydrogens (primary N) is 1. The van der Waals surface area contributed by atoms with E-state index in [9.17, 15) is 8.78 Å². The molecule has 0 unspecified atom stereocenters. The Kier molecular flexibility index (Phi) is 2.75. The normalized spacial score (nSPS) is 10.4. The lowest BCUT2D eigenvalue weighted by molar-refractivity contribution is 0.622. The summed E-state index contributed by atoms with van der Waals surface area (Å²) < 4.78 is 26.6. The van der Waals surface area contributed by atoms with E-state index in [0.29, 0.717) is 0 Å². The maximum Gasteiger partial charge on any atom is 0.151 e. The van der Waals surface area contributed by atoms with Crippen LogP contribution in [0.2, 0.25) is 5.02 Å². The fraction of sp³-hybridized carbons (Fsp3) is 0. The van der Waals surface area contributed by atoms with Crippen LogP contribution in [0.5, 0.6) is 0 Å². The van der Waals surface area contributed by atoms with E-state index in [1.54, 1.807) is 0 Å². The Morgan fingerprint density at radius 3 is 2.50 bits per heavy atom. The molecular formula is C11H7ClF2N2. The Balaban J connectivity index is 2.58. The first-order chi connectivity index (χ1) is 7.56. The molecule has 2 nitrogen and oxygen atoms in total. The molecule has 0 spiro atoms. The van der Waals surface area contributed by atoms with Gasteiger partial charge in [0.1, 0.15) is 11.5 Å². The summed E-state index contributed by atoms with van der Waals surface area (Å²) in [6.07, 6.45) is 1.30. The topological polar surface area (TPSA) is 38.9 Å². The highest BCUT2D eigenvalue weighted by Crippen LogP contribution is 2.25. The zero-order valence-corrected chi connectivity index (χ0v) is 8.80. The lowest BCUT2D eigenvalue weighted by Crippen LogP contribution is -1.94. The number of benzene rings is 1. The molecule has 0 amide bonds. The third kappa shape index (κ3) is 2.12. The average molecular weight is 241 g/mol. The number of pyridine rings is 1. The van der Waals surface area contributed by atoms with Crippen molar-refractivity contribution in [3.63, 3.8) is 0 Å². The molecule has 0 aliphatic heterocycles. The first-order valence-corrected chi connectivity index (χ1v) is 4.81. The van der Waals surface area contributed by atoms with Crippen molar-refractivity contribution in [2.24, 2.45) is 0 Å². The zero-order chi connectivity index (χ0) is 11.7. The van der Waals surface area contributed by atoms with Gasteiger partial charge in [0.05, 0.1) is 11.9 Å². The summed E-state index contributed by atoms with van der Waals surface area (Å²) >= 11 is 5.67. The summed E-state index contributed by atoms with van der Waals surface area (Å²) in [7, 11) is 0. The Morgan fingerprint density at radius 1 is 1.12 bits per heavy atom. The van der Waals surface area contributed by atoms with Crippen molar-refractivity contribution in [3.8, 4) is 11.3 Å². The second-order valence-corrected chi connectivity index (χ2v) is 3.69. The number of nitrogens with zero attached hydrogens (tertiary/aromatic N) is 1. The van der Waals surface area contributed by atoms with E-state index in [1.165, 1.54) is 12.3 Å². The van der Waals surface area contributed by atoms with Gasteiger partial charge in [-0.25, -0.2) is 8.78 Å². The largest absolute Gasteiger partial charge is 0.397 e. The summed E-state index contributed by atoms with van der Waals surface area (Å²) in [5.41, 5.74) is 5.88. The lowest BCUT2D eigenvalue weighted by atomic mass is 10.1. The predicted octanol–water partition coefficient (Wildman–Crippen LogP) is 3.26. The van der Waals surface area contributed by atoms with Crippen molar-refractivity contribution >= 4 is 17.3 Å². The van der Waals surface area contributed by atoms with Gasteiger partial charge in [-0.15, -0.1) is 0 Å². The fourth-order valence-corrected chi connectivity index (χ4v) is 1.58. The van der Waals surface area contributed by atoms with Crippen LogP contribution in [-0.2, 0) is 0 Å². The summed E-state index contributed by atoms with van der Waals surface area (Å²) in [5.74, 6) is -1.15. The van der Waals surface area contributed by atoms with Crippen molar-refractivity contribution in [1.29, 1.82) is 0 Å². The molecular weight excluding hydrogens is 234 g/mol. The molecule has 0 atom stereocenters. The van der Waals surface area contributed by atoms with Crippen LogP contribution in [0.3, 0.4) is 0 Å². The van der Waals surface area contributed by atoms with Crippen molar-refractivity contribution < 1.29 is 8.78 Å². The van der Waals surface area contributed by atoms with E-state index in [1.807, 2.05) is 0 Å². The third-order valence-electron chi connectivity index (χ3n) is 2.00. The van der Waals surface area contributed by atoms with Crippen molar-refractivity contribution in [3.05, 3.63) is 47.1 Å². The summed E-state index contributed by atoms with van der Waals surface area (Å²) in [6, 6.07) is 4.86. The molecule has 2 N–H and O–H groups in total. The van der Waals surface area contributed by atoms with Crippen LogP contribution >= 0.6 is 11.6 Å². The molecule has 5 heteroatoms. The van der Waals surface area contributed by atoms with Gasteiger partial charge in [-0.2, -0.15) is 0 Å². The van der Waals surface area contributed by atoms with Gasteiger partial charge in [0.2, 0.25) is 0 Å². The number of hydrogen-bond acceptors (Lipinski definition) is 2. The molecule has 0 radical (unpaired) electrons. The summed E-state index contributed by atoms with van der Waals surface area (Å²) in [6.45, 7) is 0. The number of hydrogen-bond donors (Lipinski definition) is 1. The van der Waals surface area contributed by atoms with Crippen molar-refractivity contribution in [1.82, 2.24) is 4.98 Å². The number of halogens is 3. The Morgan fingerprint density at radius 2 is 1.88 bits per heavy atom. The van der Waals surface area contributed by atoms with Crippen LogP contribution in [-0.4, -0.2) is 4.98 Å². The van der Waals surface area contributed by atoms with Crippen molar-refractivity contribution in [2.75, 3.05) is 5.73 Å². The van der Waals surface area contributed by atoms with Crippen molar-refractivity contribution in [2.45, 2.75) is 0 Å². The molecule has 1 aromatic carbocycles. The minimum Gasteiger partial charge on any atom is -0.397 e. The van der Waals surface area contributed by atoms with Crippen LogP contribution in [0.25, 0.3) is 11.3 Å². The molecule has 16 heavy (non-hydrogen) atoms. The molecule has 0 aliphatic carbocycles. The highest BCUT2D eigenvalue weighted by molar-refractivity contribution is 6.30. The molecule has 2 aromatic rings. The van der Waals surface area contributed by atoms with E-state index >= 15 is 0 Å². The second kappa shape index (κ2) is 4.06. The van der Waals surface area contributed by atoms with E-state index in [-0.39, 0.29) is 22.0 Å². The van der Waals surface area contributed by atoms with Crippen LogP contribution in [0.15, 0.2) is 30.5 Å². The summed E-state index contributed by atoms with van der Waals surface area (Å²) in [5, 5.41) is 0.188. The first kappa shape index (κ1) is 10.8. The quantitative estimate of drug-likeness (QED) is 0.831.